The summed E-state index contributed by atoms with van der Waals surface area (Å²) < 4.78 is 10.4. The second kappa shape index (κ2) is 6.78. The first-order valence-corrected chi connectivity index (χ1v) is 8.00. The molecular formula is C18H13Cl2NO4. The number of amides is 2. The molecule has 0 saturated carbocycles. The van der Waals surface area contributed by atoms with E-state index in [1.165, 1.54) is 14.2 Å². The van der Waals surface area contributed by atoms with Crippen LogP contribution in [-0.4, -0.2) is 26.0 Å². The molecule has 0 unspecified atom stereocenters. The Morgan fingerprint density at radius 1 is 0.880 bits per heavy atom. The lowest BCUT2D eigenvalue weighted by molar-refractivity contribution is -0.119. The van der Waals surface area contributed by atoms with Gasteiger partial charge in [-0.1, -0.05) is 41.4 Å². The maximum absolute atomic E-state index is 12.9. The van der Waals surface area contributed by atoms with Crippen molar-refractivity contribution in [3.05, 3.63) is 58.1 Å². The van der Waals surface area contributed by atoms with Gasteiger partial charge >= 0.3 is 0 Å². The summed E-state index contributed by atoms with van der Waals surface area (Å²) >= 11 is 12.3. The molecule has 128 valence electrons. The van der Waals surface area contributed by atoms with Crippen LogP contribution in [0.1, 0.15) is 5.56 Å². The molecule has 25 heavy (non-hydrogen) atoms. The molecule has 0 aromatic heterocycles. The number of para-hydroxylation sites is 1. The summed E-state index contributed by atoms with van der Waals surface area (Å²) in [5.41, 5.74) is 0.830. The first kappa shape index (κ1) is 17.3. The Labute approximate surface area is 154 Å². The molecule has 0 aliphatic carbocycles. The van der Waals surface area contributed by atoms with Gasteiger partial charge < -0.3 is 9.47 Å². The van der Waals surface area contributed by atoms with Crippen LogP contribution in [0, 0.1) is 0 Å². The van der Waals surface area contributed by atoms with Crippen LogP contribution in [0.25, 0.3) is 5.57 Å². The molecule has 0 atom stereocenters. The van der Waals surface area contributed by atoms with E-state index < -0.39 is 11.8 Å². The molecule has 0 fully saturated rings. The molecule has 0 saturated heterocycles. The zero-order valence-corrected chi connectivity index (χ0v) is 14.9. The van der Waals surface area contributed by atoms with Gasteiger partial charge in [0.15, 0.2) is 11.5 Å². The minimum atomic E-state index is -0.621. The van der Waals surface area contributed by atoms with Crippen LogP contribution in [0.2, 0.25) is 5.02 Å². The molecular weight excluding hydrogens is 365 g/mol. The standard InChI is InChI=1S/C18H13Cl2NO4/c1-24-13-8-7-10(9-14(13)25-2)15-16(20)18(23)21(17(15)22)12-6-4-3-5-11(12)19/h3-9H,1-2H3. The molecule has 3 rings (SSSR count). The number of rotatable bonds is 4. The van der Waals surface area contributed by atoms with Crippen LogP contribution >= 0.6 is 23.2 Å². The van der Waals surface area contributed by atoms with Gasteiger partial charge in [-0.25, -0.2) is 4.90 Å². The minimum Gasteiger partial charge on any atom is -0.493 e. The minimum absolute atomic E-state index is 0.0903. The Morgan fingerprint density at radius 3 is 2.20 bits per heavy atom. The molecule has 0 spiro atoms. The van der Waals surface area contributed by atoms with Gasteiger partial charge in [0.2, 0.25) is 0 Å². The predicted molar refractivity (Wildman–Crippen MR) is 96.3 cm³/mol. The Hall–Kier alpha value is -2.50. The summed E-state index contributed by atoms with van der Waals surface area (Å²) in [6, 6.07) is 11.4. The lowest BCUT2D eigenvalue weighted by atomic mass is 10.1. The van der Waals surface area contributed by atoms with Crippen molar-refractivity contribution >= 4 is 46.3 Å². The normalized spacial score (nSPS) is 14.3. The largest absolute Gasteiger partial charge is 0.493 e. The van der Waals surface area contributed by atoms with Crippen molar-refractivity contribution in [1.29, 1.82) is 0 Å². The topological polar surface area (TPSA) is 55.8 Å². The molecule has 1 heterocycles. The van der Waals surface area contributed by atoms with Gasteiger partial charge in [-0.05, 0) is 29.8 Å². The maximum atomic E-state index is 12.9. The van der Waals surface area contributed by atoms with E-state index in [2.05, 4.69) is 0 Å². The van der Waals surface area contributed by atoms with Crippen molar-refractivity contribution in [3.8, 4) is 11.5 Å². The summed E-state index contributed by atoms with van der Waals surface area (Å²) in [5, 5.41) is 0.111. The van der Waals surface area contributed by atoms with E-state index >= 15 is 0 Å². The number of hydrogen-bond donors (Lipinski definition) is 0. The highest BCUT2D eigenvalue weighted by molar-refractivity contribution is 6.60. The Bertz CT molecular complexity index is 908. The summed E-state index contributed by atoms with van der Waals surface area (Å²) in [5.74, 6) is -0.240. The van der Waals surface area contributed by atoms with Crippen molar-refractivity contribution in [3.63, 3.8) is 0 Å². The van der Waals surface area contributed by atoms with Crippen molar-refractivity contribution < 1.29 is 19.1 Å². The van der Waals surface area contributed by atoms with E-state index in [0.717, 1.165) is 4.90 Å². The molecule has 0 bridgehead atoms. The number of nitrogens with zero attached hydrogens (tertiary/aromatic N) is 1. The third kappa shape index (κ3) is 2.86. The third-order valence-electron chi connectivity index (χ3n) is 3.79. The van der Waals surface area contributed by atoms with Crippen LogP contribution in [0.4, 0.5) is 5.69 Å². The second-order valence-corrected chi connectivity index (χ2v) is 5.94. The highest BCUT2D eigenvalue weighted by Crippen LogP contribution is 2.39. The molecule has 7 heteroatoms. The van der Waals surface area contributed by atoms with Gasteiger partial charge in [0, 0.05) is 0 Å². The number of carbonyl (C=O) groups is 2. The monoisotopic (exact) mass is 377 g/mol. The van der Waals surface area contributed by atoms with Crippen LogP contribution in [0.3, 0.4) is 0 Å². The third-order valence-corrected chi connectivity index (χ3v) is 4.46. The van der Waals surface area contributed by atoms with E-state index in [4.69, 9.17) is 32.7 Å². The van der Waals surface area contributed by atoms with E-state index in [0.29, 0.717) is 17.1 Å². The number of carbonyl (C=O) groups excluding carboxylic acids is 2. The van der Waals surface area contributed by atoms with Crippen LogP contribution < -0.4 is 14.4 Å². The van der Waals surface area contributed by atoms with E-state index in [1.807, 2.05) is 0 Å². The van der Waals surface area contributed by atoms with Crippen molar-refractivity contribution in [2.45, 2.75) is 0 Å². The highest BCUT2D eigenvalue weighted by atomic mass is 35.5. The number of halogens is 2. The molecule has 5 nitrogen and oxygen atoms in total. The lowest BCUT2D eigenvalue weighted by Gasteiger charge is -2.16. The van der Waals surface area contributed by atoms with Gasteiger partial charge in [-0.3, -0.25) is 9.59 Å². The quantitative estimate of drug-likeness (QED) is 0.758. The number of benzene rings is 2. The zero-order valence-electron chi connectivity index (χ0n) is 13.4. The molecule has 2 aromatic rings. The fraction of sp³-hybridized carbons (Fsp3) is 0.111. The molecule has 0 radical (unpaired) electrons. The fourth-order valence-electron chi connectivity index (χ4n) is 2.60. The highest BCUT2D eigenvalue weighted by Gasteiger charge is 2.40. The Kier molecular flexibility index (Phi) is 4.70. The van der Waals surface area contributed by atoms with Crippen molar-refractivity contribution in [2.75, 3.05) is 19.1 Å². The number of ether oxygens (including phenoxy) is 2. The summed E-state index contributed by atoms with van der Waals surface area (Å²) in [7, 11) is 2.99. The first-order chi connectivity index (χ1) is 12.0. The molecule has 1 aliphatic rings. The van der Waals surface area contributed by atoms with Gasteiger partial charge in [0.05, 0.1) is 30.5 Å². The number of imide groups is 1. The Morgan fingerprint density at radius 2 is 1.56 bits per heavy atom. The molecule has 0 N–H and O–H groups in total. The van der Waals surface area contributed by atoms with Gasteiger partial charge in [-0.15, -0.1) is 0 Å². The SMILES string of the molecule is COc1ccc(C2=C(Cl)C(=O)N(c3ccccc3Cl)C2=O)cc1OC. The van der Waals surface area contributed by atoms with Crippen molar-refractivity contribution in [1.82, 2.24) is 0 Å². The van der Waals surface area contributed by atoms with Gasteiger partial charge in [0.25, 0.3) is 11.8 Å². The molecule has 1 aliphatic heterocycles. The smallest absolute Gasteiger partial charge is 0.277 e. The molecule has 2 amide bonds. The Balaban J connectivity index is 2.08. The van der Waals surface area contributed by atoms with Crippen molar-refractivity contribution in [2.24, 2.45) is 0 Å². The average molecular weight is 378 g/mol. The maximum Gasteiger partial charge on any atom is 0.277 e. The number of anilines is 1. The van der Waals surface area contributed by atoms with E-state index in [9.17, 15) is 9.59 Å². The summed E-state index contributed by atoms with van der Waals surface area (Å²) in [6.45, 7) is 0. The molecule has 2 aromatic carbocycles. The summed E-state index contributed by atoms with van der Waals surface area (Å²) in [6.07, 6.45) is 0. The van der Waals surface area contributed by atoms with Gasteiger partial charge in [-0.2, -0.15) is 0 Å². The van der Waals surface area contributed by atoms with Crippen LogP contribution in [0.15, 0.2) is 47.5 Å². The summed E-state index contributed by atoms with van der Waals surface area (Å²) in [4.78, 5) is 26.4. The second-order valence-electron chi connectivity index (χ2n) is 5.16. The first-order valence-electron chi connectivity index (χ1n) is 7.25. The van der Waals surface area contributed by atoms with E-state index in [-0.39, 0.29) is 21.3 Å². The van der Waals surface area contributed by atoms with E-state index in [1.54, 1.807) is 42.5 Å². The van der Waals surface area contributed by atoms with Crippen LogP contribution in [0.5, 0.6) is 11.5 Å². The van der Waals surface area contributed by atoms with Crippen LogP contribution in [-0.2, 0) is 9.59 Å². The number of hydrogen-bond acceptors (Lipinski definition) is 4. The number of methoxy groups -OCH3 is 2. The predicted octanol–water partition coefficient (Wildman–Crippen LogP) is 3.88. The average Bonchev–Trinajstić information content (AvgIpc) is 2.84. The lowest BCUT2D eigenvalue weighted by Crippen LogP contribution is -2.31. The zero-order chi connectivity index (χ0) is 18.1. The van der Waals surface area contributed by atoms with Gasteiger partial charge in [0.1, 0.15) is 5.03 Å². The fourth-order valence-corrected chi connectivity index (χ4v) is 3.09.